The van der Waals surface area contributed by atoms with Gasteiger partial charge in [0.2, 0.25) is 0 Å². The molecule has 3 fully saturated rings. The summed E-state index contributed by atoms with van der Waals surface area (Å²) in [7, 11) is -5.30. The molecule has 13 heteroatoms. The quantitative estimate of drug-likeness (QED) is 0.267. The predicted octanol–water partition coefficient (Wildman–Crippen LogP) is 2.09. The number of Topliss-reactive ketones (excluding diaryl/α,β-unsaturated/α-hetero) is 1. The van der Waals surface area contributed by atoms with Crippen molar-refractivity contribution < 1.29 is 45.7 Å². The third-order valence-corrected chi connectivity index (χ3v) is 11.7. The van der Waals surface area contributed by atoms with Gasteiger partial charge in [0.1, 0.15) is 11.9 Å². The molecule has 232 valence electrons. The van der Waals surface area contributed by atoms with E-state index in [-0.39, 0.29) is 48.4 Å². The SMILES string of the molecule is C[C@H]1[C@H](OS(C)(=O)=O)[C@](C)(CN)C[C@@H](OC(=O)COc2ccc3c(c2F)B(O)OC3)[C@@]2(C)[C@@H]3C(=O)CC[C@]31CC[C@@H]2C. The van der Waals surface area contributed by atoms with Crippen LogP contribution in [0.25, 0.3) is 0 Å². The number of hydrogen-bond donors (Lipinski definition) is 2. The zero-order chi connectivity index (χ0) is 30.8. The van der Waals surface area contributed by atoms with Crippen LogP contribution in [0, 0.1) is 39.8 Å². The topological polar surface area (TPSA) is 151 Å². The van der Waals surface area contributed by atoms with Gasteiger partial charge in [0, 0.05) is 35.2 Å². The minimum absolute atomic E-state index is 0.00800. The molecule has 0 amide bonds. The van der Waals surface area contributed by atoms with Crippen molar-refractivity contribution in [1.29, 1.82) is 0 Å². The monoisotopic (exact) mass is 609 g/mol. The first-order valence-corrected chi connectivity index (χ1v) is 16.4. The number of nitrogens with two attached hydrogens (primary N) is 1. The molecule has 0 spiro atoms. The molecule has 3 N–H and O–H groups in total. The molecule has 42 heavy (non-hydrogen) atoms. The summed E-state index contributed by atoms with van der Waals surface area (Å²) in [5.41, 5.74) is 4.59. The first-order valence-electron chi connectivity index (χ1n) is 14.6. The van der Waals surface area contributed by atoms with Gasteiger partial charge < -0.3 is 24.9 Å². The molecule has 1 heterocycles. The average Bonchev–Trinajstić information content (AvgIpc) is 3.48. The van der Waals surface area contributed by atoms with Crippen molar-refractivity contribution in [3.63, 3.8) is 0 Å². The van der Waals surface area contributed by atoms with Gasteiger partial charge in [-0.3, -0.25) is 8.98 Å². The molecular weight excluding hydrogens is 568 g/mol. The van der Waals surface area contributed by atoms with Gasteiger partial charge in [-0.05, 0) is 54.6 Å². The number of carbonyl (C=O) groups excluding carboxylic acids is 2. The minimum atomic E-state index is -3.89. The number of carbonyl (C=O) groups is 2. The molecule has 4 aliphatic rings. The molecular formula is C29H41BFNO9S. The van der Waals surface area contributed by atoms with Crippen molar-refractivity contribution in [1.82, 2.24) is 0 Å². The summed E-state index contributed by atoms with van der Waals surface area (Å²) < 4.78 is 62.5. The van der Waals surface area contributed by atoms with E-state index in [2.05, 4.69) is 6.92 Å². The number of esters is 1. The molecule has 0 radical (unpaired) electrons. The Kier molecular flexibility index (Phi) is 8.09. The van der Waals surface area contributed by atoms with E-state index in [1.165, 1.54) is 6.07 Å². The van der Waals surface area contributed by atoms with Crippen molar-refractivity contribution >= 4 is 34.5 Å². The summed E-state index contributed by atoms with van der Waals surface area (Å²) in [6, 6.07) is 2.94. The number of ketones is 1. The Morgan fingerprint density at radius 3 is 2.64 bits per heavy atom. The Labute approximate surface area is 247 Å². The van der Waals surface area contributed by atoms with Crippen molar-refractivity contribution in [2.75, 3.05) is 19.4 Å². The summed E-state index contributed by atoms with van der Waals surface area (Å²) >= 11 is 0. The summed E-state index contributed by atoms with van der Waals surface area (Å²) in [5.74, 6) is -2.47. The third-order valence-electron chi connectivity index (χ3n) is 11.1. The Bertz CT molecular complexity index is 1380. The highest BCUT2D eigenvalue weighted by atomic mass is 32.2. The van der Waals surface area contributed by atoms with Crippen molar-refractivity contribution in [2.24, 2.45) is 39.7 Å². The predicted molar refractivity (Wildman–Crippen MR) is 151 cm³/mol. The minimum Gasteiger partial charge on any atom is -0.479 e. The van der Waals surface area contributed by atoms with Gasteiger partial charge in [-0.25, -0.2) is 9.18 Å². The number of hydrogen-bond acceptors (Lipinski definition) is 10. The smallest absolute Gasteiger partial charge is 0.479 e. The van der Waals surface area contributed by atoms with Gasteiger partial charge >= 0.3 is 13.1 Å². The van der Waals surface area contributed by atoms with Crippen LogP contribution in [0.1, 0.15) is 65.4 Å². The highest BCUT2D eigenvalue weighted by Crippen LogP contribution is 2.68. The summed E-state index contributed by atoms with van der Waals surface area (Å²) in [6.45, 7) is 7.40. The molecule has 5 rings (SSSR count). The van der Waals surface area contributed by atoms with E-state index >= 15 is 4.39 Å². The molecule has 1 aromatic carbocycles. The lowest BCUT2D eigenvalue weighted by atomic mass is 9.44. The average molecular weight is 610 g/mol. The molecule has 3 saturated carbocycles. The number of rotatable bonds is 7. The van der Waals surface area contributed by atoms with Crippen LogP contribution in [0.5, 0.6) is 5.75 Å². The largest absolute Gasteiger partial charge is 0.494 e. The lowest BCUT2D eigenvalue weighted by Gasteiger charge is -2.62. The second-order valence-corrected chi connectivity index (χ2v) is 15.0. The van der Waals surface area contributed by atoms with Crippen LogP contribution in [0.2, 0.25) is 0 Å². The number of halogens is 1. The summed E-state index contributed by atoms with van der Waals surface area (Å²) in [5, 5.41) is 9.95. The van der Waals surface area contributed by atoms with Gasteiger partial charge in [0.15, 0.2) is 18.2 Å². The molecule has 2 bridgehead atoms. The first kappa shape index (κ1) is 31.4. The maximum absolute atomic E-state index is 15.0. The highest BCUT2D eigenvalue weighted by molar-refractivity contribution is 7.86. The van der Waals surface area contributed by atoms with Crippen LogP contribution in [-0.2, 0) is 39.9 Å². The second kappa shape index (κ2) is 10.8. The van der Waals surface area contributed by atoms with Gasteiger partial charge in [-0.15, -0.1) is 0 Å². The molecule has 8 atom stereocenters. The fourth-order valence-corrected chi connectivity index (χ4v) is 9.40. The van der Waals surface area contributed by atoms with E-state index in [0.29, 0.717) is 18.4 Å². The van der Waals surface area contributed by atoms with E-state index < -0.39 is 70.0 Å². The molecule has 0 unspecified atom stereocenters. The molecule has 0 saturated heterocycles. The summed E-state index contributed by atoms with van der Waals surface area (Å²) in [4.78, 5) is 27.0. The molecule has 1 aliphatic heterocycles. The van der Waals surface area contributed by atoms with E-state index in [1.807, 2.05) is 20.8 Å². The maximum Gasteiger partial charge on any atom is 0.494 e. The van der Waals surface area contributed by atoms with Gasteiger partial charge in [-0.1, -0.05) is 33.8 Å². The third kappa shape index (κ3) is 4.98. The second-order valence-electron chi connectivity index (χ2n) is 13.4. The standard InChI is InChI=1S/C29H41BFNO9S/c1-16-8-10-29-11-9-19(33)25(29)28(16,4)21(12-27(3,15-32)26(17(29)2)41-42(5,36)37)40-22(34)14-38-20-7-6-18-13-39-30(35)23(18)24(20)31/h6-7,16-17,21,25-26,35H,8-15,32H2,1-5H3/t16-,17-,21+,25-,26-,27-,28-,29-/m0/s1. The Morgan fingerprint density at radius 1 is 1.26 bits per heavy atom. The number of fused-ring (bicyclic) bond motifs is 1. The van der Waals surface area contributed by atoms with E-state index in [4.69, 9.17) is 24.0 Å². The van der Waals surface area contributed by atoms with Crippen LogP contribution in [0.15, 0.2) is 12.1 Å². The van der Waals surface area contributed by atoms with E-state index in [0.717, 1.165) is 19.1 Å². The fourth-order valence-electron chi connectivity index (χ4n) is 8.62. The van der Waals surface area contributed by atoms with Crippen molar-refractivity contribution in [2.45, 2.75) is 78.6 Å². The van der Waals surface area contributed by atoms with Crippen LogP contribution >= 0.6 is 0 Å². The van der Waals surface area contributed by atoms with Crippen LogP contribution in [0.3, 0.4) is 0 Å². The summed E-state index contributed by atoms with van der Waals surface area (Å²) in [6.07, 6.45) is 1.97. The Balaban J connectivity index is 1.49. The zero-order valence-corrected chi connectivity index (χ0v) is 25.7. The first-order chi connectivity index (χ1) is 19.6. The molecule has 1 aromatic rings. The van der Waals surface area contributed by atoms with Gasteiger partial charge in [-0.2, -0.15) is 8.42 Å². The van der Waals surface area contributed by atoms with Crippen LogP contribution in [-0.4, -0.2) is 63.9 Å². The fraction of sp³-hybridized carbons (Fsp3) is 0.724. The van der Waals surface area contributed by atoms with Crippen molar-refractivity contribution in [3.8, 4) is 5.75 Å². The Hall–Kier alpha value is -2.06. The highest BCUT2D eigenvalue weighted by Gasteiger charge is 2.69. The molecule has 10 nitrogen and oxygen atoms in total. The zero-order valence-electron chi connectivity index (χ0n) is 24.9. The lowest BCUT2D eigenvalue weighted by Crippen LogP contribution is -2.64. The lowest BCUT2D eigenvalue weighted by molar-refractivity contribution is -0.208. The number of benzene rings is 1. The molecule has 0 aromatic heterocycles. The van der Waals surface area contributed by atoms with Crippen LogP contribution < -0.4 is 15.9 Å². The van der Waals surface area contributed by atoms with Gasteiger partial charge in [0.25, 0.3) is 10.1 Å². The van der Waals surface area contributed by atoms with E-state index in [1.54, 1.807) is 6.07 Å². The molecule has 3 aliphatic carbocycles. The Morgan fingerprint density at radius 2 is 1.98 bits per heavy atom. The number of ether oxygens (including phenoxy) is 2. The maximum atomic E-state index is 15.0. The van der Waals surface area contributed by atoms with E-state index in [9.17, 15) is 23.0 Å². The van der Waals surface area contributed by atoms with Crippen LogP contribution in [0.4, 0.5) is 4.39 Å². The van der Waals surface area contributed by atoms with Crippen molar-refractivity contribution in [3.05, 3.63) is 23.5 Å². The normalized spacial score (nSPS) is 38.0. The van der Waals surface area contributed by atoms with Gasteiger partial charge in [0.05, 0.1) is 19.0 Å².